The number of aromatic nitrogens is 2. The van der Waals surface area contributed by atoms with Gasteiger partial charge in [-0.15, -0.1) is 0 Å². The van der Waals surface area contributed by atoms with E-state index in [2.05, 4.69) is 20.6 Å². The number of amides is 1. The van der Waals surface area contributed by atoms with E-state index in [9.17, 15) is 22.5 Å². The van der Waals surface area contributed by atoms with Crippen molar-refractivity contribution >= 4 is 36.6 Å². The van der Waals surface area contributed by atoms with E-state index in [0.29, 0.717) is 36.0 Å². The molecule has 184 valence electrons. The van der Waals surface area contributed by atoms with Gasteiger partial charge in [0.1, 0.15) is 11.4 Å². The van der Waals surface area contributed by atoms with Crippen molar-refractivity contribution in [2.24, 2.45) is 0 Å². The number of nitrogens with zero attached hydrogens (tertiary/aromatic N) is 3. The Hall–Kier alpha value is -3.47. The SMILES string of the molecule is CN1CCc2cccc(Nc3nc(Nc4ccc(CP(=O)(O)O)cc4)ncc3C(F)(F)F)c2C1=O. The van der Waals surface area contributed by atoms with Gasteiger partial charge in [0, 0.05) is 25.5 Å². The molecule has 0 saturated carbocycles. The molecule has 0 unspecified atom stereocenters. The summed E-state index contributed by atoms with van der Waals surface area (Å²) in [6.45, 7) is 0.512. The molecule has 35 heavy (non-hydrogen) atoms. The van der Waals surface area contributed by atoms with Gasteiger partial charge < -0.3 is 25.3 Å². The second kappa shape index (κ2) is 9.29. The number of hydrogen-bond acceptors (Lipinski definition) is 6. The molecule has 0 atom stereocenters. The number of likely N-dealkylation sites (N-methyl/N-ethyl adjacent to an activating group) is 1. The van der Waals surface area contributed by atoms with Crippen LogP contribution in [0.5, 0.6) is 0 Å². The average molecular weight is 507 g/mol. The Balaban J connectivity index is 1.65. The molecular formula is C22H21F3N5O4P. The summed E-state index contributed by atoms with van der Waals surface area (Å²) in [5.74, 6) is -0.968. The number of carbonyl (C=O) groups is 1. The fourth-order valence-corrected chi connectivity index (χ4v) is 4.37. The maximum absolute atomic E-state index is 13.7. The van der Waals surface area contributed by atoms with Crippen LogP contribution < -0.4 is 10.6 Å². The molecule has 3 aromatic rings. The Labute approximate surface area is 198 Å². The van der Waals surface area contributed by atoms with E-state index in [1.807, 2.05) is 0 Å². The lowest BCUT2D eigenvalue weighted by atomic mass is 9.97. The molecule has 0 radical (unpaired) electrons. The largest absolute Gasteiger partial charge is 0.421 e. The molecule has 0 aliphatic carbocycles. The number of benzene rings is 2. The van der Waals surface area contributed by atoms with Crippen LogP contribution in [-0.2, 0) is 23.3 Å². The number of halogens is 3. The van der Waals surface area contributed by atoms with Crippen LogP contribution in [0.15, 0.2) is 48.7 Å². The van der Waals surface area contributed by atoms with Gasteiger partial charge in [-0.3, -0.25) is 9.36 Å². The average Bonchev–Trinajstić information content (AvgIpc) is 2.76. The van der Waals surface area contributed by atoms with Crippen molar-refractivity contribution in [3.8, 4) is 0 Å². The van der Waals surface area contributed by atoms with Crippen molar-refractivity contribution in [3.05, 3.63) is 70.9 Å². The summed E-state index contributed by atoms with van der Waals surface area (Å²) >= 11 is 0. The van der Waals surface area contributed by atoms with E-state index < -0.39 is 31.3 Å². The van der Waals surface area contributed by atoms with Crippen LogP contribution in [-0.4, -0.2) is 44.2 Å². The van der Waals surface area contributed by atoms with Crippen LogP contribution in [0.2, 0.25) is 0 Å². The second-order valence-corrected chi connectivity index (χ2v) is 9.69. The molecule has 1 amide bonds. The number of alkyl halides is 3. The van der Waals surface area contributed by atoms with Gasteiger partial charge in [0.15, 0.2) is 0 Å². The third-order valence-electron chi connectivity index (χ3n) is 5.37. The summed E-state index contributed by atoms with van der Waals surface area (Å²) < 4.78 is 52.2. The van der Waals surface area contributed by atoms with Crippen LogP contribution >= 0.6 is 7.60 Å². The molecule has 0 saturated heterocycles. The molecule has 4 rings (SSSR count). The van der Waals surface area contributed by atoms with Gasteiger partial charge in [-0.25, -0.2) is 4.98 Å². The molecule has 0 spiro atoms. The number of carbonyl (C=O) groups excluding carboxylic acids is 1. The van der Waals surface area contributed by atoms with E-state index in [1.54, 1.807) is 19.2 Å². The zero-order valence-corrected chi connectivity index (χ0v) is 19.3. The summed E-state index contributed by atoms with van der Waals surface area (Å²) in [5, 5.41) is 5.45. The predicted molar refractivity (Wildman–Crippen MR) is 123 cm³/mol. The third kappa shape index (κ3) is 5.79. The third-order valence-corrected chi connectivity index (χ3v) is 6.15. The van der Waals surface area contributed by atoms with Crippen molar-refractivity contribution < 1.29 is 32.3 Å². The Bertz CT molecular complexity index is 1310. The number of hydrogen-bond donors (Lipinski definition) is 4. The summed E-state index contributed by atoms with van der Waals surface area (Å²) in [4.78, 5) is 40.1. The van der Waals surface area contributed by atoms with Gasteiger partial charge in [0.05, 0.1) is 17.4 Å². The number of nitrogens with one attached hydrogen (secondary N) is 2. The lowest BCUT2D eigenvalue weighted by Gasteiger charge is -2.27. The van der Waals surface area contributed by atoms with Crippen LogP contribution in [0.25, 0.3) is 0 Å². The standard InChI is InChI=1S/C22H21F3N5O4P/c1-30-10-9-14-3-2-4-17(18(14)20(30)31)28-19-16(22(23,24)25)11-26-21(29-19)27-15-7-5-13(6-8-15)12-35(32,33)34/h2-8,11H,9-10,12H2,1H3,(H2,32,33,34)(H2,26,27,28,29). The van der Waals surface area contributed by atoms with Crippen LogP contribution in [0.4, 0.5) is 36.3 Å². The first kappa shape index (κ1) is 24.6. The van der Waals surface area contributed by atoms with Crippen molar-refractivity contribution in [2.45, 2.75) is 18.8 Å². The lowest BCUT2D eigenvalue weighted by Crippen LogP contribution is -2.34. The minimum atomic E-state index is -4.75. The van der Waals surface area contributed by atoms with Crippen molar-refractivity contribution in [1.29, 1.82) is 0 Å². The Morgan fingerprint density at radius 2 is 1.83 bits per heavy atom. The first-order valence-corrected chi connectivity index (χ1v) is 12.2. The number of fused-ring (bicyclic) bond motifs is 1. The monoisotopic (exact) mass is 507 g/mol. The maximum Gasteiger partial charge on any atom is 0.421 e. The van der Waals surface area contributed by atoms with E-state index in [0.717, 1.165) is 5.56 Å². The molecule has 0 bridgehead atoms. The zero-order chi connectivity index (χ0) is 25.4. The summed E-state index contributed by atoms with van der Waals surface area (Å²) in [5.41, 5.74) is 0.921. The van der Waals surface area contributed by atoms with Crippen LogP contribution in [0.1, 0.15) is 27.0 Å². The second-order valence-electron chi connectivity index (χ2n) is 8.04. The normalized spacial score (nSPS) is 14.0. The van der Waals surface area contributed by atoms with Gasteiger partial charge in [0.2, 0.25) is 5.95 Å². The maximum atomic E-state index is 13.7. The Morgan fingerprint density at radius 1 is 1.11 bits per heavy atom. The molecule has 1 aromatic heterocycles. The number of anilines is 4. The fraction of sp³-hybridized carbons (Fsp3) is 0.227. The zero-order valence-electron chi connectivity index (χ0n) is 18.4. The van der Waals surface area contributed by atoms with Crippen LogP contribution in [0, 0.1) is 0 Å². The predicted octanol–water partition coefficient (Wildman–Crippen LogP) is 4.29. The highest BCUT2D eigenvalue weighted by molar-refractivity contribution is 7.50. The molecule has 4 N–H and O–H groups in total. The van der Waals surface area contributed by atoms with Gasteiger partial charge in [-0.2, -0.15) is 18.2 Å². The van der Waals surface area contributed by atoms with E-state index in [4.69, 9.17) is 9.79 Å². The number of rotatable bonds is 6. The quantitative estimate of drug-likeness (QED) is 0.364. The van der Waals surface area contributed by atoms with E-state index >= 15 is 0 Å². The van der Waals surface area contributed by atoms with Gasteiger partial charge >= 0.3 is 13.8 Å². The van der Waals surface area contributed by atoms with Gasteiger partial charge in [-0.05, 0) is 35.7 Å². The highest BCUT2D eigenvalue weighted by atomic mass is 31.2. The first-order chi connectivity index (χ1) is 16.4. The van der Waals surface area contributed by atoms with Crippen molar-refractivity contribution in [2.75, 3.05) is 24.2 Å². The first-order valence-electron chi connectivity index (χ1n) is 10.4. The van der Waals surface area contributed by atoms with E-state index in [-0.39, 0.29) is 17.5 Å². The molecule has 9 nitrogen and oxygen atoms in total. The van der Waals surface area contributed by atoms with Gasteiger partial charge in [-0.1, -0.05) is 24.3 Å². The topological polar surface area (TPSA) is 128 Å². The molecule has 1 aliphatic heterocycles. The Kier molecular flexibility index (Phi) is 6.54. The molecule has 13 heteroatoms. The fourth-order valence-electron chi connectivity index (χ4n) is 3.68. The van der Waals surface area contributed by atoms with Gasteiger partial charge in [0.25, 0.3) is 5.91 Å². The smallest absolute Gasteiger partial charge is 0.341 e. The molecule has 0 fully saturated rings. The Morgan fingerprint density at radius 3 is 2.49 bits per heavy atom. The lowest BCUT2D eigenvalue weighted by molar-refractivity contribution is -0.137. The minimum absolute atomic E-state index is 0.142. The molecule has 1 aliphatic rings. The van der Waals surface area contributed by atoms with E-state index in [1.165, 1.54) is 35.2 Å². The molecule has 2 heterocycles. The highest BCUT2D eigenvalue weighted by Gasteiger charge is 2.36. The molecule has 2 aromatic carbocycles. The van der Waals surface area contributed by atoms with Crippen LogP contribution in [0.3, 0.4) is 0 Å². The summed E-state index contributed by atoms with van der Waals surface area (Å²) in [6.07, 6.45) is -3.97. The minimum Gasteiger partial charge on any atom is -0.341 e. The summed E-state index contributed by atoms with van der Waals surface area (Å²) in [7, 11) is -2.61. The molecular weight excluding hydrogens is 486 g/mol. The van der Waals surface area contributed by atoms with Crippen molar-refractivity contribution in [3.63, 3.8) is 0 Å². The van der Waals surface area contributed by atoms with Crippen molar-refractivity contribution in [1.82, 2.24) is 14.9 Å². The highest BCUT2D eigenvalue weighted by Crippen LogP contribution is 2.39. The summed E-state index contributed by atoms with van der Waals surface area (Å²) in [6, 6.07) is 10.9.